The van der Waals surface area contributed by atoms with E-state index >= 15 is 0 Å². The fourth-order valence-electron chi connectivity index (χ4n) is 1.44. The lowest BCUT2D eigenvalue weighted by Gasteiger charge is -2.19. The zero-order chi connectivity index (χ0) is 11.4. The second-order valence-electron chi connectivity index (χ2n) is 3.48. The molecule has 1 aromatic rings. The normalized spacial score (nSPS) is 15.0. The van der Waals surface area contributed by atoms with E-state index in [0.29, 0.717) is 23.3 Å². The largest absolute Gasteiger partial charge is 0.390 e. The molecule has 2 atom stereocenters. The SMILES string of the molecule is Cc1c(F)cccc1C(O)C(O)CCS. The molecule has 0 saturated heterocycles. The fourth-order valence-corrected chi connectivity index (χ4v) is 1.71. The molecule has 0 aromatic heterocycles. The van der Waals surface area contributed by atoms with Gasteiger partial charge in [0.2, 0.25) is 0 Å². The number of benzene rings is 1. The Morgan fingerprint density at radius 3 is 2.67 bits per heavy atom. The van der Waals surface area contributed by atoms with Crippen molar-refractivity contribution in [2.24, 2.45) is 0 Å². The number of rotatable bonds is 4. The molecular formula is C11H15FO2S. The van der Waals surface area contributed by atoms with Crippen LogP contribution in [0.15, 0.2) is 18.2 Å². The van der Waals surface area contributed by atoms with Gasteiger partial charge in [0.15, 0.2) is 0 Å². The third kappa shape index (κ3) is 2.93. The van der Waals surface area contributed by atoms with Crippen molar-refractivity contribution in [3.63, 3.8) is 0 Å². The fraction of sp³-hybridized carbons (Fsp3) is 0.455. The quantitative estimate of drug-likeness (QED) is 0.691. The van der Waals surface area contributed by atoms with Gasteiger partial charge in [0.05, 0.1) is 6.10 Å². The van der Waals surface area contributed by atoms with Crippen LogP contribution in [0.2, 0.25) is 0 Å². The number of hydrogen-bond donors (Lipinski definition) is 3. The van der Waals surface area contributed by atoms with Crippen molar-refractivity contribution in [2.45, 2.75) is 25.6 Å². The molecule has 0 bridgehead atoms. The third-order valence-electron chi connectivity index (χ3n) is 2.42. The summed E-state index contributed by atoms with van der Waals surface area (Å²) in [5.41, 5.74) is 0.812. The van der Waals surface area contributed by atoms with Crippen molar-refractivity contribution in [1.82, 2.24) is 0 Å². The number of aliphatic hydroxyl groups is 2. The maximum atomic E-state index is 13.2. The Kier molecular flexibility index (Phi) is 4.57. The Morgan fingerprint density at radius 2 is 2.07 bits per heavy atom. The minimum absolute atomic E-state index is 0.371. The van der Waals surface area contributed by atoms with Crippen LogP contribution >= 0.6 is 12.6 Å². The van der Waals surface area contributed by atoms with Crippen LogP contribution in [0.5, 0.6) is 0 Å². The van der Waals surface area contributed by atoms with E-state index in [1.165, 1.54) is 12.1 Å². The summed E-state index contributed by atoms with van der Waals surface area (Å²) in [6.07, 6.45) is -1.57. The summed E-state index contributed by atoms with van der Waals surface area (Å²) in [6, 6.07) is 4.47. The molecular weight excluding hydrogens is 215 g/mol. The Hall–Kier alpha value is -0.580. The van der Waals surface area contributed by atoms with Gasteiger partial charge in [0, 0.05) is 0 Å². The first kappa shape index (κ1) is 12.5. The van der Waals surface area contributed by atoms with Crippen molar-refractivity contribution in [3.05, 3.63) is 35.1 Å². The van der Waals surface area contributed by atoms with E-state index in [2.05, 4.69) is 12.6 Å². The number of halogens is 1. The predicted octanol–water partition coefficient (Wildman–Crippen LogP) is 1.85. The molecule has 84 valence electrons. The molecule has 0 aliphatic rings. The van der Waals surface area contributed by atoms with Gasteiger partial charge in [-0.2, -0.15) is 12.6 Å². The molecule has 4 heteroatoms. The number of hydrogen-bond acceptors (Lipinski definition) is 3. The summed E-state index contributed by atoms with van der Waals surface area (Å²) in [7, 11) is 0. The number of thiol groups is 1. The van der Waals surface area contributed by atoms with Crippen LogP contribution in [-0.4, -0.2) is 22.1 Å². The maximum Gasteiger partial charge on any atom is 0.126 e. The van der Waals surface area contributed by atoms with Crippen molar-refractivity contribution in [1.29, 1.82) is 0 Å². The van der Waals surface area contributed by atoms with Crippen LogP contribution in [0.1, 0.15) is 23.7 Å². The standard InChI is InChI=1S/C11H15FO2S/c1-7-8(3-2-4-9(7)12)11(14)10(13)5-6-15/h2-4,10-11,13-15H,5-6H2,1H3. The minimum atomic E-state index is -1.05. The van der Waals surface area contributed by atoms with Gasteiger partial charge in [-0.3, -0.25) is 0 Å². The maximum absolute atomic E-state index is 13.2. The Balaban J connectivity index is 2.90. The van der Waals surface area contributed by atoms with E-state index in [0.717, 1.165) is 0 Å². The molecule has 0 radical (unpaired) electrons. The second kappa shape index (κ2) is 5.49. The first-order valence-corrected chi connectivity index (χ1v) is 5.43. The van der Waals surface area contributed by atoms with E-state index in [9.17, 15) is 14.6 Å². The second-order valence-corrected chi connectivity index (χ2v) is 3.93. The highest BCUT2D eigenvalue weighted by molar-refractivity contribution is 7.80. The molecule has 1 aromatic carbocycles. The smallest absolute Gasteiger partial charge is 0.126 e. The minimum Gasteiger partial charge on any atom is -0.390 e. The zero-order valence-corrected chi connectivity index (χ0v) is 9.41. The molecule has 0 spiro atoms. The first-order chi connectivity index (χ1) is 7.07. The van der Waals surface area contributed by atoms with E-state index in [1.807, 2.05) is 0 Å². The summed E-state index contributed by atoms with van der Waals surface area (Å²) in [6.45, 7) is 1.58. The highest BCUT2D eigenvalue weighted by Gasteiger charge is 2.20. The van der Waals surface area contributed by atoms with Gasteiger partial charge in [0.25, 0.3) is 0 Å². The van der Waals surface area contributed by atoms with Crippen LogP contribution in [0.3, 0.4) is 0 Å². The molecule has 2 nitrogen and oxygen atoms in total. The van der Waals surface area contributed by atoms with Crippen molar-refractivity contribution < 1.29 is 14.6 Å². The molecule has 15 heavy (non-hydrogen) atoms. The highest BCUT2D eigenvalue weighted by atomic mass is 32.1. The molecule has 0 amide bonds. The molecule has 1 rings (SSSR count). The first-order valence-electron chi connectivity index (χ1n) is 4.80. The average Bonchev–Trinajstić information content (AvgIpc) is 2.21. The van der Waals surface area contributed by atoms with Gasteiger partial charge in [-0.25, -0.2) is 4.39 Å². The topological polar surface area (TPSA) is 40.5 Å². The Morgan fingerprint density at radius 1 is 1.40 bits per heavy atom. The van der Waals surface area contributed by atoms with Crippen LogP contribution < -0.4 is 0 Å². The lowest BCUT2D eigenvalue weighted by atomic mass is 9.98. The molecule has 0 aliphatic heterocycles. The van der Waals surface area contributed by atoms with Crippen molar-refractivity contribution >= 4 is 12.6 Å². The zero-order valence-electron chi connectivity index (χ0n) is 8.52. The van der Waals surface area contributed by atoms with E-state index in [4.69, 9.17) is 0 Å². The molecule has 0 aliphatic carbocycles. The summed E-state index contributed by atoms with van der Waals surface area (Å²) in [5.74, 6) is 0.108. The Labute approximate surface area is 94.2 Å². The van der Waals surface area contributed by atoms with Gasteiger partial charge in [-0.15, -0.1) is 0 Å². The number of aliphatic hydroxyl groups excluding tert-OH is 2. The monoisotopic (exact) mass is 230 g/mol. The van der Waals surface area contributed by atoms with E-state index < -0.39 is 12.2 Å². The molecule has 2 N–H and O–H groups in total. The Bertz CT molecular complexity index is 330. The van der Waals surface area contributed by atoms with Gasteiger partial charge in [-0.1, -0.05) is 12.1 Å². The summed E-state index contributed by atoms with van der Waals surface area (Å²) in [4.78, 5) is 0. The summed E-state index contributed by atoms with van der Waals surface area (Å²) < 4.78 is 13.2. The summed E-state index contributed by atoms with van der Waals surface area (Å²) in [5, 5.41) is 19.3. The van der Waals surface area contributed by atoms with E-state index in [1.54, 1.807) is 13.0 Å². The van der Waals surface area contributed by atoms with E-state index in [-0.39, 0.29) is 5.82 Å². The van der Waals surface area contributed by atoms with Crippen molar-refractivity contribution in [3.8, 4) is 0 Å². The third-order valence-corrected chi connectivity index (χ3v) is 2.68. The lowest BCUT2D eigenvalue weighted by Crippen LogP contribution is -2.19. The van der Waals surface area contributed by atoms with Gasteiger partial charge in [-0.05, 0) is 36.3 Å². The molecule has 0 fully saturated rings. The lowest BCUT2D eigenvalue weighted by molar-refractivity contribution is 0.0167. The highest BCUT2D eigenvalue weighted by Crippen LogP contribution is 2.24. The van der Waals surface area contributed by atoms with Crippen LogP contribution in [0.4, 0.5) is 4.39 Å². The van der Waals surface area contributed by atoms with Crippen LogP contribution in [0.25, 0.3) is 0 Å². The summed E-state index contributed by atoms with van der Waals surface area (Å²) >= 11 is 3.97. The predicted molar refractivity (Wildman–Crippen MR) is 60.6 cm³/mol. The average molecular weight is 230 g/mol. The molecule has 0 saturated carbocycles. The van der Waals surface area contributed by atoms with Crippen molar-refractivity contribution in [2.75, 3.05) is 5.75 Å². The molecule has 0 heterocycles. The van der Waals surface area contributed by atoms with Crippen LogP contribution in [0, 0.1) is 12.7 Å². The molecule has 2 unspecified atom stereocenters. The van der Waals surface area contributed by atoms with Gasteiger partial charge < -0.3 is 10.2 Å². The van der Waals surface area contributed by atoms with Crippen LogP contribution in [-0.2, 0) is 0 Å². The van der Waals surface area contributed by atoms with Gasteiger partial charge in [0.1, 0.15) is 11.9 Å². The van der Waals surface area contributed by atoms with Gasteiger partial charge >= 0.3 is 0 Å².